The van der Waals surface area contributed by atoms with Gasteiger partial charge in [0.2, 0.25) is 0 Å². The second-order valence-electron chi connectivity index (χ2n) is 4.86. The van der Waals surface area contributed by atoms with Crippen molar-refractivity contribution in [2.24, 2.45) is 0 Å². The number of aromatic nitrogens is 2. The number of hydrogen-bond donors (Lipinski definition) is 1. The Morgan fingerprint density at radius 3 is 2.75 bits per heavy atom. The molecule has 6 heteroatoms. The van der Waals surface area contributed by atoms with Gasteiger partial charge in [-0.25, -0.2) is 8.88 Å². The summed E-state index contributed by atoms with van der Waals surface area (Å²) in [5.41, 5.74) is 1.46. The summed E-state index contributed by atoms with van der Waals surface area (Å²) in [4.78, 5) is 13.4. The number of fused-ring (bicyclic) bond motifs is 1. The summed E-state index contributed by atoms with van der Waals surface area (Å²) < 4.78 is 6.76. The lowest BCUT2D eigenvalue weighted by Crippen LogP contribution is -2.33. The van der Waals surface area contributed by atoms with Crippen molar-refractivity contribution in [3.05, 3.63) is 17.5 Å². The van der Waals surface area contributed by atoms with Gasteiger partial charge in [0.15, 0.2) is 0 Å². The Morgan fingerprint density at radius 2 is 2.19 bits per heavy atom. The van der Waals surface area contributed by atoms with Crippen LogP contribution in [-0.2, 0) is 17.8 Å². The molecule has 0 saturated heterocycles. The molecule has 2 rings (SSSR count). The lowest BCUT2D eigenvalue weighted by Gasteiger charge is -2.24. The Bertz CT molecular complexity index is 399. The van der Waals surface area contributed by atoms with Crippen molar-refractivity contribution in [1.29, 1.82) is 0 Å². The van der Waals surface area contributed by atoms with Crippen molar-refractivity contribution in [2.75, 3.05) is 0 Å². The molecular weight excluding hydrogens is 226 g/mol. The van der Waals surface area contributed by atoms with Gasteiger partial charge in [0.05, 0.1) is 18.8 Å². The zero-order valence-corrected chi connectivity index (χ0v) is 10.5. The zero-order chi connectivity index (χ0) is 11.9. The molecule has 0 atom stereocenters. The summed E-state index contributed by atoms with van der Waals surface area (Å²) in [5.74, 6) is 0. The number of thiol groups is 1. The Balaban J connectivity index is 2.01. The van der Waals surface area contributed by atoms with E-state index in [1.165, 1.54) is 4.09 Å². The standard InChI is InChI=1S/C10H15N3O2S/c1-10(2,3)15-9(14)12-4-7-5-13(16)11-8(7)6-12/h5,16H,4,6H2,1-3H3. The first-order valence-corrected chi connectivity index (χ1v) is 5.50. The van der Waals surface area contributed by atoms with Crippen molar-refractivity contribution in [3.8, 4) is 0 Å². The summed E-state index contributed by atoms with van der Waals surface area (Å²) in [7, 11) is 0. The van der Waals surface area contributed by atoms with E-state index in [9.17, 15) is 4.79 Å². The highest BCUT2D eigenvalue weighted by molar-refractivity contribution is 7.78. The highest BCUT2D eigenvalue weighted by atomic mass is 32.1. The van der Waals surface area contributed by atoms with Crippen LogP contribution in [0.5, 0.6) is 0 Å². The molecule has 1 aromatic rings. The van der Waals surface area contributed by atoms with Crippen LogP contribution in [0.25, 0.3) is 0 Å². The van der Waals surface area contributed by atoms with Crippen molar-refractivity contribution < 1.29 is 9.53 Å². The van der Waals surface area contributed by atoms with E-state index in [0.717, 1.165) is 11.3 Å². The third kappa shape index (κ3) is 2.32. The number of amides is 1. The summed E-state index contributed by atoms with van der Waals surface area (Å²) in [6, 6.07) is 0. The lowest BCUT2D eigenvalue weighted by molar-refractivity contribution is 0.0239. The molecule has 16 heavy (non-hydrogen) atoms. The van der Waals surface area contributed by atoms with Gasteiger partial charge in [0.25, 0.3) is 0 Å². The first-order valence-electron chi connectivity index (χ1n) is 5.10. The molecule has 1 aliphatic rings. The predicted molar refractivity (Wildman–Crippen MR) is 62.1 cm³/mol. The van der Waals surface area contributed by atoms with E-state index < -0.39 is 5.60 Å². The third-order valence-corrected chi connectivity index (χ3v) is 2.42. The second kappa shape index (κ2) is 3.69. The summed E-state index contributed by atoms with van der Waals surface area (Å²) >= 11 is 4.08. The highest BCUT2D eigenvalue weighted by Crippen LogP contribution is 2.23. The monoisotopic (exact) mass is 241 g/mol. The molecule has 2 heterocycles. The minimum absolute atomic E-state index is 0.295. The molecule has 0 bridgehead atoms. The summed E-state index contributed by atoms with van der Waals surface area (Å²) in [5, 5.41) is 4.15. The molecule has 5 nitrogen and oxygen atoms in total. The first-order chi connectivity index (χ1) is 7.35. The molecule has 1 aliphatic heterocycles. The third-order valence-electron chi connectivity index (χ3n) is 2.22. The molecule has 1 amide bonds. The van der Waals surface area contributed by atoms with Crippen molar-refractivity contribution >= 4 is 18.9 Å². The van der Waals surface area contributed by atoms with E-state index in [4.69, 9.17) is 4.74 Å². The minimum Gasteiger partial charge on any atom is -0.444 e. The lowest BCUT2D eigenvalue weighted by atomic mass is 10.2. The fourth-order valence-corrected chi connectivity index (χ4v) is 1.84. The molecule has 0 unspecified atom stereocenters. The van der Waals surface area contributed by atoms with Gasteiger partial charge in [0.1, 0.15) is 5.60 Å². The van der Waals surface area contributed by atoms with Crippen LogP contribution < -0.4 is 0 Å². The molecule has 0 radical (unpaired) electrons. The van der Waals surface area contributed by atoms with E-state index in [2.05, 4.69) is 17.9 Å². The number of nitrogens with zero attached hydrogens (tertiary/aromatic N) is 3. The van der Waals surface area contributed by atoms with Crippen LogP contribution in [0.4, 0.5) is 4.79 Å². The number of carbonyl (C=O) groups excluding carboxylic acids is 1. The normalized spacial score (nSPS) is 15.1. The Hall–Kier alpha value is -1.17. The number of rotatable bonds is 0. The molecule has 0 saturated carbocycles. The van der Waals surface area contributed by atoms with Crippen molar-refractivity contribution in [2.45, 2.75) is 39.5 Å². The van der Waals surface area contributed by atoms with Gasteiger partial charge in [0, 0.05) is 11.8 Å². The molecule has 0 fully saturated rings. The molecule has 0 N–H and O–H groups in total. The van der Waals surface area contributed by atoms with E-state index in [0.29, 0.717) is 13.1 Å². The van der Waals surface area contributed by atoms with Gasteiger partial charge in [-0.15, -0.1) is 0 Å². The molecule has 1 aromatic heterocycles. The Morgan fingerprint density at radius 1 is 1.50 bits per heavy atom. The van der Waals surface area contributed by atoms with Crippen LogP contribution in [0.3, 0.4) is 0 Å². The number of hydrogen-bond acceptors (Lipinski definition) is 4. The van der Waals surface area contributed by atoms with Crippen LogP contribution in [0.1, 0.15) is 32.0 Å². The Kier molecular flexibility index (Phi) is 2.61. The van der Waals surface area contributed by atoms with Crippen LogP contribution in [0.2, 0.25) is 0 Å². The van der Waals surface area contributed by atoms with Crippen LogP contribution in [0.15, 0.2) is 6.20 Å². The molecule has 0 aromatic carbocycles. The summed E-state index contributed by atoms with van der Waals surface area (Å²) in [6.45, 7) is 6.61. The molecule has 88 valence electrons. The zero-order valence-electron chi connectivity index (χ0n) is 9.60. The predicted octanol–water partition coefficient (Wildman–Crippen LogP) is 1.83. The number of ether oxygens (including phenoxy) is 1. The smallest absolute Gasteiger partial charge is 0.410 e. The average Bonchev–Trinajstić information content (AvgIpc) is 2.56. The van der Waals surface area contributed by atoms with E-state index in [-0.39, 0.29) is 6.09 Å². The van der Waals surface area contributed by atoms with Gasteiger partial charge in [-0.1, -0.05) is 0 Å². The van der Waals surface area contributed by atoms with Gasteiger partial charge >= 0.3 is 6.09 Å². The van der Waals surface area contributed by atoms with Gasteiger partial charge in [-0.05, 0) is 33.6 Å². The SMILES string of the molecule is CC(C)(C)OC(=O)N1Cc2cn(S)nc2C1. The fraction of sp³-hybridized carbons (Fsp3) is 0.600. The van der Waals surface area contributed by atoms with Crippen LogP contribution >= 0.6 is 12.8 Å². The van der Waals surface area contributed by atoms with E-state index in [1.807, 2.05) is 27.0 Å². The fourth-order valence-electron chi connectivity index (χ4n) is 1.59. The molecule has 0 spiro atoms. The maximum atomic E-state index is 11.8. The van der Waals surface area contributed by atoms with Crippen LogP contribution in [0, 0.1) is 0 Å². The topological polar surface area (TPSA) is 47.4 Å². The molecular formula is C10H15N3O2S. The van der Waals surface area contributed by atoms with E-state index in [1.54, 1.807) is 4.90 Å². The van der Waals surface area contributed by atoms with E-state index >= 15 is 0 Å². The second-order valence-corrected chi connectivity index (χ2v) is 5.27. The van der Waals surface area contributed by atoms with Crippen molar-refractivity contribution in [1.82, 2.24) is 14.1 Å². The maximum absolute atomic E-state index is 11.8. The Labute approximate surface area is 99.9 Å². The van der Waals surface area contributed by atoms with Crippen LogP contribution in [-0.4, -0.2) is 25.8 Å². The molecule has 0 aliphatic carbocycles. The highest BCUT2D eigenvalue weighted by Gasteiger charge is 2.29. The van der Waals surface area contributed by atoms with Gasteiger partial charge in [-0.3, -0.25) is 4.90 Å². The maximum Gasteiger partial charge on any atom is 0.410 e. The largest absolute Gasteiger partial charge is 0.444 e. The van der Waals surface area contributed by atoms with Crippen molar-refractivity contribution in [3.63, 3.8) is 0 Å². The average molecular weight is 241 g/mol. The summed E-state index contributed by atoms with van der Waals surface area (Å²) in [6.07, 6.45) is 1.51. The number of carbonyl (C=O) groups is 1. The van der Waals surface area contributed by atoms with Gasteiger partial charge < -0.3 is 4.74 Å². The van der Waals surface area contributed by atoms with Gasteiger partial charge in [-0.2, -0.15) is 5.10 Å². The minimum atomic E-state index is -0.458. The first kappa shape index (κ1) is 11.3. The quantitative estimate of drug-likeness (QED) is 0.705.